The van der Waals surface area contributed by atoms with Crippen molar-refractivity contribution < 1.29 is 9.50 Å². The quantitative estimate of drug-likeness (QED) is 0.668. The second kappa shape index (κ2) is 2.57. The van der Waals surface area contributed by atoms with Gasteiger partial charge in [-0.05, 0) is 6.07 Å². The zero-order chi connectivity index (χ0) is 8.55. The summed E-state index contributed by atoms with van der Waals surface area (Å²) in [6.45, 7) is -0.153. The highest BCUT2D eigenvalue weighted by Gasteiger charge is 2.06. The van der Waals surface area contributed by atoms with Crippen LogP contribution >= 0.6 is 0 Å². The minimum atomic E-state index is -0.372. The van der Waals surface area contributed by atoms with E-state index >= 15 is 0 Å². The molecule has 0 aliphatic heterocycles. The predicted molar refractivity (Wildman–Crippen MR) is 42.0 cm³/mol. The number of H-pyrrole nitrogens is 1. The van der Waals surface area contributed by atoms with Crippen LogP contribution in [0.25, 0.3) is 10.9 Å². The maximum Gasteiger partial charge on any atom is 0.151 e. The van der Waals surface area contributed by atoms with E-state index in [-0.39, 0.29) is 17.9 Å². The fourth-order valence-electron chi connectivity index (χ4n) is 1.18. The number of hydrogen-bond acceptors (Lipinski definition) is 2. The molecule has 1 aromatic carbocycles. The van der Waals surface area contributed by atoms with E-state index in [2.05, 4.69) is 10.2 Å². The van der Waals surface area contributed by atoms with Crippen LogP contribution in [-0.4, -0.2) is 15.3 Å². The highest BCUT2D eigenvalue weighted by atomic mass is 19.1. The van der Waals surface area contributed by atoms with E-state index in [1.165, 1.54) is 6.07 Å². The van der Waals surface area contributed by atoms with Crippen molar-refractivity contribution in [3.8, 4) is 0 Å². The van der Waals surface area contributed by atoms with Gasteiger partial charge in [0, 0.05) is 5.39 Å². The molecule has 0 aliphatic rings. The van der Waals surface area contributed by atoms with E-state index in [4.69, 9.17) is 5.11 Å². The largest absolute Gasteiger partial charge is 0.390 e. The first-order chi connectivity index (χ1) is 5.83. The van der Waals surface area contributed by atoms with Gasteiger partial charge < -0.3 is 5.11 Å². The number of nitrogens with zero attached hydrogens (tertiary/aromatic N) is 1. The first-order valence-corrected chi connectivity index (χ1v) is 3.55. The minimum absolute atomic E-state index is 0.153. The van der Waals surface area contributed by atoms with Gasteiger partial charge in [-0.3, -0.25) is 5.10 Å². The monoisotopic (exact) mass is 166 g/mol. The molecule has 2 N–H and O–H groups in total. The number of nitrogens with one attached hydrogen (secondary N) is 1. The molecule has 0 bridgehead atoms. The van der Waals surface area contributed by atoms with Crippen LogP contribution in [0.15, 0.2) is 18.2 Å². The molecule has 0 aliphatic carbocycles. The summed E-state index contributed by atoms with van der Waals surface area (Å²) in [6, 6.07) is 4.64. The summed E-state index contributed by atoms with van der Waals surface area (Å²) in [5.41, 5.74) is 0.825. The van der Waals surface area contributed by atoms with Gasteiger partial charge in [-0.1, -0.05) is 12.1 Å². The Bertz CT molecular complexity index is 410. The van der Waals surface area contributed by atoms with Crippen molar-refractivity contribution in [3.05, 3.63) is 29.7 Å². The van der Waals surface area contributed by atoms with E-state index in [9.17, 15) is 4.39 Å². The summed E-state index contributed by atoms with van der Waals surface area (Å²) < 4.78 is 13.0. The molecule has 2 rings (SSSR count). The Labute approximate surface area is 67.8 Å². The molecule has 0 fully saturated rings. The number of aliphatic hydroxyl groups excluding tert-OH is 1. The number of para-hydroxylation sites is 1. The molecule has 4 heteroatoms. The molecular formula is C8H7FN2O. The minimum Gasteiger partial charge on any atom is -0.390 e. The number of halogens is 1. The van der Waals surface area contributed by atoms with E-state index < -0.39 is 0 Å². The van der Waals surface area contributed by atoms with Crippen molar-refractivity contribution in [3.63, 3.8) is 0 Å². The Balaban J connectivity index is 2.80. The van der Waals surface area contributed by atoms with Gasteiger partial charge in [-0.2, -0.15) is 5.10 Å². The SMILES string of the molecule is OCc1[nH]nc2c(F)cccc12. The summed E-state index contributed by atoms with van der Waals surface area (Å²) in [5, 5.41) is 15.8. The lowest BCUT2D eigenvalue weighted by atomic mass is 10.2. The highest BCUT2D eigenvalue weighted by molar-refractivity contribution is 5.81. The summed E-state index contributed by atoms with van der Waals surface area (Å²) >= 11 is 0. The molecule has 0 atom stereocenters. The van der Waals surface area contributed by atoms with Crippen molar-refractivity contribution in [2.45, 2.75) is 6.61 Å². The van der Waals surface area contributed by atoms with Crippen LogP contribution < -0.4 is 0 Å². The molecule has 0 saturated carbocycles. The van der Waals surface area contributed by atoms with Gasteiger partial charge in [0.1, 0.15) is 5.52 Å². The number of aliphatic hydroxyl groups is 1. The van der Waals surface area contributed by atoms with Gasteiger partial charge in [0.2, 0.25) is 0 Å². The van der Waals surface area contributed by atoms with Gasteiger partial charge in [0.15, 0.2) is 5.82 Å². The lowest BCUT2D eigenvalue weighted by molar-refractivity contribution is 0.278. The van der Waals surface area contributed by atoms with E-state index in [0.29, 0.717) is 11.1 Å². The summed E-state index contributed by atoms with van der Waals surface area (Å²) in [5.74, 6) is -0.372. The predicted octanol–water partition coefficient (Wildman–Crippen LogP) is 1.19. The third kappa shape index (κ3) is 0.887. The fraction of sp³-hybridized carbons (Fsp3) is 0.125. The molecule has 3 nitrogen and oxygen atoms in total. The molecule has 0 radical (unpaired) electrons. The Morgan fingerprint density at radius 2 is 2.33 bits per heavy atom. The molecule has 1 aromatic heterocycles. The smallest absolute Gasteiger partial charge is 0.151 e. The van der Waals surface area contributed by atoms with Crippen LogP contribution in [0.4, 0.5) is 4.39 Å². The molecule has 0 spiro atoms. The van der Waals surface area contributed by atoms with Crippen molar-refractivity contribution >= 4 is 10.9 Å². The first kappa shape index (κ1) is 7.24. The van der Waals surface area contributed by atoms with Gasteiger partial charge in [-0.25, -0.2) is 4.39 Å². The molecule has 0 saturated heterocycles. The number of fused-ring (bicyclic) bond motifs is 1. The van der Waals surface area contributed by atoms with Gasteiger partial charge in [-0.15, -0.1) is 0 Å². The zero-order valence-electron chi connectivity index (χ0n) is 6.21. The molecule has 0 unspecified atom stereocenters. The molecule has 2 aromatic rings. The first-order valence-electron chi connectivity index (χ1n) is 3.55. The van der Waals surface area contributed by atoms with Crippen LogP contribution in [-0.2, 0) is 6.61 Å². The second-order valence-electron chi connectivity index (χ2n) is 2.50. The summed E-state index contributed by atoms with van der Waals surface area (Å²) in [7, 11) is 0. The van der Waals surface area contributed by atoms with Crippen LogP contribution in [0, 0.1) is 5.82 Å². The molecule has 0 amide bonds. The van der Waals surface area contributed by atoms with Gasteiger partial charge in [0.25, 0.3) is 0 Å². The standard InChI is InChI=1S/C8H7FN2O/c9-6-3-1-2-5-7(4-12)10-11-8(5)6/h1-3,12H,4H2,(H,10,11). The van der Waals surface area contributed by atoms with Crippen LogP contribution in [0.1, 0.15) is 5.69 Å². The molecular weight excluding hydrogens is 159 g/mol. The number of hydrogen-bond donors (Lipinski definition) is 2. The van der Waals surface area contributed by atoms with E-state index in [0.717, 1.165) is 0 Å². The van der Waals surface area contributed by atoms with E-state index in [1.807, 2.05) is 0 Å². The summed E-state index contributed by atoms with van der Waals surface area (Å²) in [6.07, 6.45) is 0. The normalized spacial score (nSPS) is 10.8. The Kier molecular flexibility index (Phi) is 1.55. The molecule has 12 heavy (non-hydrogen) atoms. The van der Waals surface area contributed by atoms with Crippen molar-refractivity contribution in [1.29, 1.82) is 0 Å². The van der Waals surface area contributed by atoms with Crippen LogP contribution in [0.2, 0.25) is 0 Å². The Morgan fingerprint density at radius 1 is 1.50 bits per heavy atom. The number of rotatable bonds is 1. The fourth-order valence-corrected chi connectivity index (χ4v) is 1.18. The Hall–Kier alpha value is -1.42. The number of aromatic nitrogens is 2. The molecule has 62 valence electrons. The van der Waals surface area contributed by atoms with Crippen LogP contribution in [0.5, 0.6) is 0 Å². The second-order valence-corrected chi connectivity index (χ2v) is 2.50. The highest BCUT2D eigenvalue weighted by Crippen LogP contribution is 2.17. The number of aromatic amines is 1. The maximum absolute atomic E-state index is 13.0. The topological polar surface area (TPSA) is 48.9 Å². The van der Waals surface area contributed by atoms with Gasteiger partial charge >= 0.3 is 0 Å². The average molecular weight is 166 g/mol. The van der Waals surface area contributed by atoms with Crippen molar-refractivity contribution in [2.75, 3.05) is 0 Å². The summed E-state index contributed by atoms with van der Waals surface area (Å²) in [4.78, 5) is 0. The number of benzene rings is 1. The molecule has 1 heterocycles. The lowest BCUT2D eigenvalue weighted by Gasteiger charge is -1.90. The lowest BCUT2D eigenvalue weighted by Crippen LogP contribution is -1.82. The zero-order valence-corrected chi connectivity index (χ0v) is 6.21. The Morgan fingerprint density at radius 3 is 3.08 bits per heavy atom. The average Bonchev–Trinajstić information content (AvgIpc) is 2.49. The van der Waals surface area contributed by atoms with Crippen molar-refractivity contribution in [1.82, 2.24) is 10.2 Å². The van der Waals surface area contributed by atoms with E-state index in [1.54, 1.807) is 12.1 Å². The third-order valence-electron chi connectivity index (χ3n) is 1.77. The maximum atomic E-state index is 13.0. The van der Waals surface area contributed by atoms with Gasteiger partial charge in [0.05, 0.1) is 12.3 Å². The van der Waals surface area contributed by atoms with Crippen LogP contribution in [0.3, 0.4) is 0 Å². The third-order valence-corrected chi connectivity index (χ3v) is 1.77. The van der Waals surface area contributed by atoms with Crippen molar-refractivity contribution in [2.24, 2.45) is 0 Å².